The van der Waals surface area contributed by atoms with E-state index in [0.29, 0.717) is 0 Å². The molecule has 2 N–H and O–H groups in total. The lowest BCUT2D eigenvalue weighted by atomic mass is 10.1. The number of methoxy groups -OCH3 is 1. The maximum atomic E-state index is 12.5. The number of hydrogen-bond acceptors (Lipinski definition) is 4. The third kappa shape index (κ3) is 2.31. The largest absolute Gasteiger partial charge is 0.481 e. The number of ether oxygens (including phenoxy) is 1. The van der Waals surface area contributed by atoms with Crippen LogP contribution in [-0.4, -0.2) is 12.1 Å². The van der Waals surface area contributed by atoms with Gasteiger partial charge in [0.15, 0.2) is 0 Å². The predicted molar refractivity (Wildman–Crippen MR) is 49.5 cm³/mol. The third-order valence-corrected chi connectivity index (χ3v) is 1.83. The van der Waals surface area contributed by atoms with Crippen LogP contribution in [-0.2, 0) is 6.42 Å². The van der Waals surface area contributed by atoms with Gasteiger partial charge in [-0.3, -0.25) is 0 Å². The van der Waals surface area contributed by atoms with Gasteiger partial charge >= 0.3 is 0 Å². The Morgan fingerprint density at radius 1 is 1.67 bits per heavy atom. The van der Waals surface area contributed by atoms with E-state index in [1.165, 1.54) is 7.11 Å². The zero-order chi connectivity index (χ0) is 11.4. The summed E-state index contributed by atoms with van der Waals surface area (Å²) in [5.74, 6) is -0.165. The average molecular weight is 213 g/mol. The summed E-state index contributed by atoms with van der Waals surface area (Å²) in [5, 5.41) is 8.45. The first-order valence-corrected chi connectivity index (χ1v) is 4.08. The highest BCUT2D eigenvalue weighted by Crippen LogP contribution is 2.30. The highest BCUT2D eigenvalue weighted by Gasteiger charge is 2.17. The van der Waals surface area contributed by atoms with Crippen molar-refractivity contribution in [2.75, 3.05) is 12.8 Å². The Kier molecular flexibility index (Phi) is 3.39. The molecule has 0 unspecified atom stereocenters. The Labute approximate surface area is 85.3 Å². The summed E-state index contributed by atoms with van der Waals surface area (Å²) in [6, 6.07) is 2.97. The minimum Gasteiger partial charge on any atom is -0.481 e. The molecule has 0 bridgehead atoms. The molecule has 1 aromatic heterocycles. The van der Waals surface area contributed by atoms with Crippen molar-refractivity contribution in [3.63, 3.8) is 0 Å². The van der Waals surface area contributed by atoms with E-state index in [4.69, 9.17) is 11.0 Å². The molecule has 6 heteroatoms. The van der Waals surface area contributed by atoms with Crippen LogP contribution in [0.1, 0.15) is 17.6 Å². The number of hydrogen-bond donors (Lipinski definition) is 1. The molecule has 4 nitrogen and oxygen atoms in total. The third-order valence-electron chi connectivity index (χ3n) is 1.83. The number of nitrogen functional groups attached to an aromatic ring is 1. The minimum absolute atomic E-state index is 0.0396. The Morgan fingerprint density at radius 2 is 2.33 bits per heavy atom. The van der Waals surface area contributed by atoms with Gasteiger partial charge in [0.05, 0.1) is 25.2 Å². The van der Waals surface area contributed by atoms with Crippen LogP contribution in [0.25, 0.3) is 0 Å². The van der Waals surface area contributed by atoms with Gasteiger partial charge in [-0.1, -0.05) is 0 Å². The first-order valence-electron chi connectivity index (χ1n) is 4.08. The number of nitrogens with two attached hydrogens (primary N) is 1. The number of pyridine rings is 1. The second kappa shape index (κ2) is 4.55. The van der Waals surface area contributed by atoms with Crippen molar-refractivity contribution < 1.29 is 13.5 Å². The molecule has 0 aliphatic rings. The molecule has 0 aliphatic heterocycles. The zero-order valence-corrected chi connectivity index (χ0v) is 8.00. The molecule has 1 rings (SSSR count). The van der Waals surface area contributed by atoms with Gasteiger partial charge in [0.25, 0.3) is 6.43 Å². The Morgan fingerprint density at radius 3 is 2.80 bits per heavy atom. The van der Waals surface area contributed by atoms with Crippen LogP contribution in [0.4, 0.5) is 14.6 Å². The van der Waals surface area contributed by atoms with Crippen LogP contribution in [0, 0.1) is 11.3 Å². The van der Waals surface area contributed by atoms with Crippen LogP contribution in [0.2, 0.25) is 0 Å². The number of halogens is 2. The highest BCUT2D eigenvalue weighted by molar-refractivity contribution is 5.47. The quantitative estimate of drug-likeness (QED) is 0.828. The average Bonchev–Trinajstić information content (AvgIpc) is 2.20. The van der Waals surface area contributed by atoms with E-state index < -0.39 is 6.43 Å². The van der Waals surface area contributed by atoms with Gasteiger partial charge in [-0.25, -0.2) is 8.78 Å². The molecule has 0 fully saturated rings. The summed E-state index contributed by atoms with van der Waals surface area (Å²) < 4.78 is 29.7. The van der Waals surface area contributed by atoms with Crippen molar-refractivity contribution in [3.8, 4) is 11.9 Å². The SMILES string of the molecule is COc1nc(N)c(CC#N)cc1C(F)F. The molecular weight excluding hydrogens is 204 g/mol. The van der Waals surface area contributed by atoms with Gasteiger partial charge in [-0.2, -0.15) is 10.2 Å². The molecule has 0 spiro atoms. The fourth-order valence-corrected chi connectivity index (χ4v) is 1.12. The summed E-state index contributed by atoms with van der Waals surface area (Å²) in [6.45, 7) is 0. The van der Waals surface area contributed by atoms with Gasteiger partial charge in [0.2, 0.25) is 5.88 Å². The number of anilines is 1. The number of nitrogens with zero attached hydrogens (tertiary/aromatic N) is 2. The maximum absolute atomic E-state index is 12.5. The van der Waals surface area contributed by atoms with Gasteiger partial charge in [0, 0.05) is 5.56 Å². The molecule has 0 amide bonds. The van der Waals surface area contributed by atoms with Crippen molar-refractivity contribution >= 4 is 5.82 Å². The topological polar surface area (TPSA) is 71.9 Å². The first kappa shape index (κ1) is 11.2. The Hall–Kier alpha value is -1.90. The zero-order valence-electron chi connectivity index (χ0n) is 8.00. The Bertz CT molecular complexity index is 401. The van der Waals surface area contributed by atoms with Crippen molar-refractivity contribution in [3.05, 3.63) is 17.2 Å². The highest BCUT2D eigenvalue weighted by atomic mass is 19.3. The van der Waals surface area contributed by atoms with Gasteiger partial charge in [-0.05, 0) is 6.07 Å². The number of alkyl halides is 2. The number of nitriles is 1. The standard InChI is InChI=1S/C9H9F2N3O/c1-15-9-6(7(10)11)4-5(2-3-12)8(13)14-9/h4,7H,2H2,1H3,(H2,13,14). The molecule has 0 saturated carbocycles. The summed E-state index contributed by atoms with van der Waals surface area (Å²) in [5.41, 5.74) is 5.40. The van der Waals surface area contributed by atoms with Gasteiger partial charge in [-0.15, -0.1) is 0 Å². The molecule has 0 saturated heterocycles. The fraction of sp³-hybridized carbons (Fsp3) is 0.333. The lowest BCUT2D eigenvalue weighted by Crippen LogP contribution is -2.03. The first-order chi connectivity index (χ1) is 7.10. The van der Waals surface area contributed by atoms with Gasteiger partial charge in [0.1, 0.15) is 5.82 Å². The summed E-state index contributed by atoms with van der Waals surface area (Å²) in [7, 11) is 1.23. The molecule has 1 aromatic rings. The van der Waals surface area contributed by atoms with Crippen molar-refractivity contribution in [1.82, 2.24) is 4.98 Å². The molecular formula is C9H9F2N3O. The van der Waals surface area contributed by atoms with Crippen LogP contribution in [0.15, 0.2) is 6.07 Å². The fourth-order valence-electron chi connectivity index (χ4n) is 1.12. The van der Waals surface area contributed by atoms with E-state index in [-0.39, 0.29) is 29.2 Å². The second-order valence-electron chi connectivity index (χ2n) is 2.77. The van der Waals surface area contributed by atoms with E-state index >= 15 is 0 Å². The molecule has 1 heterocycles. The van der Waals surface area contributed by atoms with E-state index in [1.807, 2.05) is 6.07 Å². The molecule has 80 valence electrons. The van der Waals surface area contributed by atoms with Gasteiger partial charge < -0.3 is 10.5 Å². The number of aromatic nitrogens is 1. The predicted octanol–water partition coefficient (Wildman–Crippen LogP) is 1.68. The monoisotopic (exact) mass is 213 g/mol. The number of rotatable bonds is 3. The normalized spacial score (nSPS) is 10.1. The van der Waals surface area contributed by atoms with E-state index in [2.05, 4.69) is 9.72 Å². The lowest BCUT2D eigenvalue weighted by molar-refractivity contribution is 0.146. The molecule has 0 atom stereocenters. The molecule has 0 radical (unpaired) electrons. The van der Waals surface area contributed by atoms with Crippen LogP contribution in [0.3, 0.4) is 0 Å². The van der Waals surface area contributed by atoms with E-state index in [0.717, 1.165) is 6.07 Å². The molecule has 0 aromatic carbocycles. The van der Waals surface area contributed by atoms with Crippen LogP contribution < -0.4 is 10.5 Å². The van der Waals surface area contributed by atoms with Crippen molar-refractivity contribution in [2.45, 2.75) is 12.8 Å². The van der Waals surface area contributed by atoms with Crippen LogP contribution in [0.5, 0.6) is 5.88 Å². The molecule has 15 heavy (non-hydrogen) atoms. The Balaban J connectivity index is 3.25. The summed E-state index contributed by atoms with van der Waals surface area (Å²) in [4.78, 5) is 3.66. The summed E-state index contributed by atoms with van der Waals surface area (Å²) >= 11 is 0. The van der Waals surface area contributed by atoms with Crippen LogP contribution >= 0.6 is 0 Å². The van der Waals surface area contributed by atoms with Crippen molar-refractivity contribution in [1.29, 1.82) is 5.26 Å². The molecule has 0 aliphatic carbocycles. The summed E-state index contributed by atoms with van der Waals surface area (Å²) in [6.07, 6.45) is -2.76. The smallest absolute Gasteiger partial charge is 0.269 e. The van der Waals surface area contributed by atoms with E-state index in [1.54, 1.807) is 0 Å². The second-order valence-corrected chi connectivity index (χ2v) is 2.77. The minimum atomic E-state index is -2.70. The lowest BCUT2D eigenvalue weighted by Gasteiger charge is -2.09. The van der Waals surface area contributed by atoms with Crippen molar-refractivity contribution in [2.24, 2.45) is 0 Å². The van der Waals surface area contributed by atoms with E-state index in [9.17, 15) is 8.78 Å². The maximum Gasteiger partial charge on any atom is 0.269 e.